The summed E-state index contributed by atoms with van der Waals surface area (Å²) >= 11 is 1.93. The van der Waals surface area contributed by atoms with Gasteiger partial charge in [0.15, 0.2) is 0 Å². The van der Waals surface area contributed by atoms with Gasteiger partial charge in [-0.1, -0.05) is 78.4 Å². The van der Waals surface area contributed by atoms with Crippen LogP contribution in [0.2, 0.25) is 0 Å². The quantitative estimate of drug-likeness (QED) is 0.217. The lowest BCUT2D eigenvalue weighted by atomic mass is 9.91. The monoisotopic (exact) mass is 478 g/mol. The minimum absolute atomic E-state index is 1.26. The van der Waals surface area contributed by atoms with Crippen molar-refractivity contribution in [3.05, 3.63) is 120 Å². The van der Waals surface area contributed by atoms with Gasteiger partial charge in [-0.25, -0.2) is 0 Å². The van der Waals surface area contributed by atoms with Crippen LogP contribution in [-0.2, 0) is 0 Å². The van der Waals surface area contributed by atoms with Crippen LogP contribution in [0.5, 0.6) is 0 Å². The molecule has 0 N–H and O–H groups in total. The first kappa shape index (κ1) is 21.4. The number of thiophene rings is 1. The van der Waals surface area contributed by atoms with Gasteiger partial charge in [-0.15, -0.1) is 11.3 Å². The first-order chi connectivity index (χ1) is 17.6. The molecular weight excluding hydrogens is 452 g/mol. The number of hydrogen-bond donors (Lipinski definition) is 0. The van der Waals surface area contributed by atoms with Gasteiger partial charge in [-0.2, -0.15) is 0 Å². The highest BCUT2D eigenvalue weighted by molar-refractivity contribution is 7.26. The molecule has 0 aliphatic heterocycles. The number of benzene rings is 6. The van der Waals surface area contributed by atoms with Crippen molar-refractivity contribution in [2.75, 3.05) is 0 Å². The third-order valence-corrected chi connectivity index (χ3v) is 8.79. The van der Waals surface area contributed by atoms with Gasteiger partial charge in [0.05, 0.1) is 0 Å². The maximum atomic E-state index is 2.38. The summed E-state index contributed by atoms with van der Waals surface area (Å²) in [6, 6.07) is 38.3. The summed E-state index contributed by atoms with van der Waals surface area (Å²) in [6.07, 6.45) is 0. The van der Waals surface area contributed by atoms with E-state index in [0.29, 0.717) is 0 Å². The Bertz CT molecular complexity index is 1970. The second-order valence-electron chi connectivity index (χ2n) is 10.0. The van der Waals surface area contributed by atoms with Crippen LogP contribution in [0.1, 0.15) is 16.7 Å². The van der Waals surface area contributed by atoms with E-state index in [1.54, 1.807) is 0 Å². The molecule has 1 heteroatoms. The van der Waals surface area contributed by atoms with Crippen molar-refractivity contribution >= 4 is 53.1 Å². The molecule has 0 aliphatic rings. The van der Waals surface area contributed by atoms with E-state index in [0.717, 1.165) is 0 Å². The van der Waals surface area contributed by atoms with E-state index in [9.17, 15) is 0 Å². The Labute approximate surface area is 215 Å². The van der Waals surface area contributed by atoms with Gasteiger partial charge in [0.1, 0.15) is 0 Å². The summed E-state index contributed by atoms with van der Waals surface area (Å²) in [7, 11) is 0. The van der Waals surface area contributed by atoms with Crippen molar-refractivity contribution in [1.29, 1.82) is 0 Å². The van der Waals surface area contributed by atoms with E-state index in [1.165, 1.54) is 80.7 Å². The lowest BCUT2D eigenvalue weighted by Gasteiger charge is -2.13. The molecule has 6 aromatic carbocycles. The Balaban J connectivity index is 1.50. The highest BCUT2D eigenvalue weighted by Crippen LogP contribution is 2.43. The summed E-state index contributed by atoms with van der Waals surface area (Å²) in [5, 5.41) is 7.96. The predicted octanol–water partition coefficient (Wildman–Crippen LogP) is 10.6. The van der Waals surface area contributed by atoms with Gasteiger partial charge in [0, 0.05) is 20.2 Å². The van der Waals surface area contributed by atoms with Crippen molar-refractivity contribution in [2.45, 2.75) is 20.8 Å². The molecule has 7 rings (SSSR count). The lowest BCUT2D eigenvalue weighted by Crippen LogP contribution is -1.86. The molecular formula is C35H26S. The number of aryl methyl sites for hydroxylation is 3. The van der Waals surface area contributed by atoms with E-state index in [1.807, 2.05) is 11.3 Å². The molecule has 0 spiro atoms. The standard InChI is InChI=1S/C35H26S/c1-21-15-23(3)34-32(17-21)33-18-22(2)16-31(35(33)36-34)25-11-8-10-24(19-25)30-20-26-9-4-5-12-27(26)28-13-6-7-14-29(28)30/h4-20H,1-3H3. The van der Waals surface area contributed by atoms with Crippen LogP contribution in [0.4, 0.5) is 0 Å². The maximum Gasteiger partial charge on any atom is 0.0434 e. The topological polar surface area (TPSA) is 0 Å². The SMILES string of the molecule is Cc1cc(C)c2sc3c(-c4cccc(-c5cc6ccccc6c6ccccc56)c4)cc(C)cc3c2c1. The Morgan fingerprint density at radius 1 is 0.444 bits per heavy atom. The van der Waals surface area contributed by atoms with Crippen LogP contribution < -0.4 is 0 Å². The third-order valence-electron chi connectivity index (χ3n) is 7.40. The molecule has 0 amide bonds. The summed E-state index contributed by atoms with van der Waals surface area (Å²) in [6.45, 7) is 6.66. The van der Waals surface area contributed by atoms with Gasteiger partial charge in [0.25, 0.3) is 0 Å². The number of rotatable bonds is 2. The van der Waals surface area contributed by atoms with Crippen molar-refractivity contribution in [1.82, 2.24) is 0 Å². The van der Waals surface area contributed by atoms with Crippen LogP contribution in [0, 0.1) is 20.8 Å². The number of hydrogen-bond acceptors (Lipinski definition) is 1. The van der Waals surface area contributed by atoms with Gasteiger partial charge in [-0.05, 0) is 106 Å². The molecule has 0 unspecified atom stereocenters. The van der Waals surface area contributed by atoms with Crippen LogP contribution in [0.3, 0.4) is 0 Å². The average Bonchev–Trinajstić information content (AvgIpc) is 3.26. The largest absolute Gasteiger partial charge is 0.134 e. The van der Waals surface area contributed by atoms with Crippen molar-refractivity contribution in [2.24, 2.45) is 0 Å². The van der Waals surface area contributed by atoms with Crippen molar-refractivity contribution in [3.8, 4) is 22.3 Å². The van der Waals surface area contributed by atoms with Crippen molar-refractivity contribution < 1.29 is 0 Å². The highest BCUT2D eigenvalue weighted by atomic mass is 32.1. The van der Waals surface area contributed by atoms with E-state index in [2.05, 4.69) is 124 Å². The van der Waals surface area contributed by atoms with E-state index >= 15 is 0 Å². The average molecular weight is 479 g/mol. The molecule has 172 valence electrons. The van der Waals surface area contributed by atoms with Crippen LogP contribution >= 0.6 is 11.3 Å². The normalized spacial score (nSPS) is 11.8. The molecule has 7 aromatic rings. The minimum Gasteiger partial charge on any atom is -0.134 e. The molecule has 1 heterocycles. The predicted molar refractivity (Wildman–Crippen MR) is 159 cm³/mol. The molecule has 0 bridgehead atoms. The zero-order chi connectivity index (χ0) is 24.4. The fourth-order valence-electron chi connectivity index (χ4n) is 5.84. The fourth-order valence-corrected chi connectivity index (χ4v) is 7.11. The Hall–Kier alpha value is -3.94. The first-order valence-electron chi connectivity index (χ1n) is 12.5. The highest BCUT2D eigenvalue weighted by Gasteiger charge is 2.15. The Morgan fingerprint density at radius 3 is 1.89 bits per heavy atom. The third kappa shape index (κ3) is 3.27. The molecule has 0 saturated carbocycles. The Kier molecular flexibility index (Phi) is 4.77. The van der Waals surface area contributed by atoms with Crippen LogP contribution in [0.25, 0.3) is 64.0 Å². The minimum atomic E-state index is 1.26. The zero-order valence-corrected chi connectivity index (χ0v) is 21.5. The van der Waals surface area contributed by atoms with E-state index < -0.39 is 0 Å². The maximum absolute atomic E-state index is 2.38. The summed E-state index contributed by atoms with van der Waals surface area (Å²) in [4.78, 5) is 0. The smallest absolute Gasteiger partial charge is 0.0434 e. The summed E-state index contributed by atoms with van der Waals surface area (Å²) < 4.78 is 2.78. The zero-order valence-electron chi connectivity index (χ0n) is 20.7. The molecule has 0 nitrogen and oxygen atoms in total. The van der Waals surface area contributed by atoms with E-state index in [4.69, 9.17) is 0 Å². The van der Waals surface area contributed by atoms with Gasteiger partial charge >= 0.3 is 0 Å². The summed E-state index contributed by atoms with van der Waals surface area (Å²) in [5.41, 5.74) is 9.15. The molecule has 0 atom stereocenters. The lowest BCUT2D eigenvalue weighted by molar-refractivity contribution is 1.44. The van der Waals surface area contributed by atoms with Gasteiger partial charge in [-0.3, -0.25) is 0 Å². The Morgan fingerprint density at radius 2 is 1.08 bits per heavy atom. The second-order valence-corrected chi connectivity index (χ2v) is 11.0. The van der Waals surface area contributed by atoms with Gasteiger partial charge in [0.2, 0.25) is 0 Å². The second kappa shape index (κ2) is 8.05. The molecule has 0 saturated heterocycles. The van der Waals surface area contributed by atoms with Crippen molar-refractivity contribution in [3.63, 3.8) is 0 Å². The molecule has 0 fully saturated rings. The molecule has 36 heavy (non-hydrogen) atoms. The molecule has 0 radical (unpaired) electrons. The van der Waals surface area contributed by atoms with Crippen LogP contribution in [0.15, 0.2) is 103 Å². The summed E-state index contributed by atoms with van der Waals surface area (Å²) in [5.74, 6) is 0. The van der Waals surface area contributed by atoms with E-state index in [-0.39, 0.29) is 0 Å². The first-order valence-corrected chi connectivity index (χ1v) is 13.3. The molecule has 1 aromatic heterocycles. The fraction of sp³-hybridized carbons (Fsp3) is 0.0857. The number of fused-ring (bicyclic) bond motifs is 6. The van der Waals surface area contributed by atoms with Crippen LogP contribution in [-0.4, -0.2) is 0 Å². The molecule has 0 aliphatic carbocycles. The van der Waals surface area contributed by atoms with Gasteiger partial charge < -0.3 is 0 Å².